The van der Waals surface area contributed by atoms with E-state index in [9.17, 15) is 19.7 Å². The molecule has 0 bridgehead atoms. The Morgan fingerprint density at radius 2 is 1.41 bits per heavy atom. The minimum atomic E-state index is -1.04. The van der Waals surface area contributed by atoms with Crippen LogP contribution in [0.25, 0.3) is 0 Å². The summed E-state index contributed by atoms with van der Waals surface area (Å²) in [5.74, 6) is -2.42. The molecule has 34 heavy (non-hydrogen) atoms. The molecule has 3 rings (SSSR count). The molecule has 0 radical (unpaired) electrons. The first kappa shape index (κ1) is 24.5. The number of methoxy groups -OCH3 is 2. The van der Waals surface area contributed by atoms with E-state index in [2.05, 4.69) is 0 Å². The number of hydrogen-bond acceptors (Lipinski definition) is 8. The zero-order valence-corrected chi connectivity index (χ0v) is 20.0. The summed E-state index contributed by atoms with van der Waals surface area (Å²) in [6, 6.07) is 13.6. The Kier molecular flexibility index (Phi) is 7.05. The molecule has 2 aromatic rings. The van der Waals surface area contributed by atoms with Gasteiger partial charge >= 0.3 is 11.9 Å². The molecule has 0 unspecified atom stereocenters. The standard InChI is InChI=1S/C25H27N3O6/c1-15-21(24(29)33-5)23(19-9-7-8-10-20(19)28(31)32)22(25(30)34-6)16(2)27(15)18-13-11-17(12-14-18)26(3)4/h7-14,23H,1-6H3. The van der Waals surface area contributed by atoms with Crippen molar-refractivity contribution in [2.75, 3.05) is 38.1 Å². The SMILES string of the molecule is COC(=O)C1=C(C)N(c2ccc(N(C)C)cc2)C(C)=C(C(=O)OC)C1c1ccccc1[N+](=O)[O-]. The third kappa shape index (κ3) is 4.24. The number of anilines is 2. The highest BCUT2D eigenvalue weighted by molar-refractivity contribution is 6.02. The zero-order valence-electron chi connectivity index (χ0n) is 20.0. The van der Waals surface area contributed by atoms with Crippen molar-refractivity contribution in [3.8, 4) is 0 Å². The average Bonchev–Trinajstić information content (AvgIpc) is 2.83. The van der Waals surface area contributed by atoms with Crippen molar-refractivity contribution in [1.29, 1.82) is 0 Å². The summed E-state index contributed by atoms with van der Waals surface area (Å²) in [4.78, 5) is 41.1. The number of carbonyl (C=O) groups excluding carboxylic acids is 2. The topological polar surface area (TPSA) is 102 Å². The highest BCUT2D eigenvalue weighted by Crippen LogP contribution is 2.46. The molecule has 1 heterocycles. The average molecular weight is 466 g/mol. The van der Waals surface area contributed by atoms with Crippen LogP contribution < -0.4 is 9.80 Å². The van der Waals surface area contributed by atoms with E-state index in [4.69, 9.17) is 9.47 Å². The van der Waals surface area contributed by atoms with E-state index in [1.54, 1.807) is 24.8 Å². The van der Waals surface area contributed by atoms with E-state index in [1.165, 1.54) is 32.4 Å². The minimum Gasteiger partial charge on any atom is -0.466 e. The van der Waals surface area contributed by atoms with E-state index < -0.39 is 22.8 Å². The smallest absolute Gasteiger partial charge is 0.336 e. The lowest BCUT2D eigenvalue weighted by Gasteiger charge is -2.37. The fourth-order valence-corrected chi connectivity index (χ4v) is 4.30. The van der Waals surface area contributed by atoms with Crippen LogP contribution in [0.5, 0.6) is 0 Å². The number of hydrogen-bond donors (Lipinski definition) is 0. The Morgan fingerprint density at radius 1 is 0.912 bits per heavy atom. The summed E-state index contributed by atoms with van der Waals surface area (Å²) in [6.07, 6.45) is 0. The van der Waals surface area contributed by atoms with Gasteiger partial charge in [-0.25, -0.2) is 9.59 Å². The van der Waals surface area contributed by atoms with Gasteiger partial charge in [0.1, 0.15) is 0 Å². The quantitative estimate of drug-likeness (QED) is 0.356. The molecule has 0 saturated carbocycles. The Bertz CT molecular complexity index is 1160. The predicted molar refractivity (Wildman–Crippen MR) is 129 cm³/mol. The van der Waals surface area contributed by atoms with E-state index in [1.807, 2.05) is 43.3 Å². The highest BCUT2D eigenvalue weighted by Gasteiger charge is 2.43. The van der Waals surface area contributed by atoms with Gasteiger partial charge in [0.25, 0.3) is 5.69 Å². The van der Waals surface area contributed by atoms with Gasteiger partial charge < -0.3 is 19.3 Å². The van der Waals surface area contributed by atoms with Gasteiger partial charge in [-0.15, -0.1) is 0 Å². The second kappa shape index (κ2) is 9.78. The first-order chi connectivity index (χ1) is 16.1. The summed E-state index contributed by atoms with van der Waals surface area (Å²) >= 11 is 0. The summed E-state index contributed by atoms with van der Waals surface area (Å²) in [5.41, 5.74) is 2.93. The van der Waals surface area contributed by atoms with Crippen molar-refractivity contribution >= 4 is 29.0 Å². The van der Waals surface area contributed by atoms with Crippen LogP contribution in [-0.4, -0.2) is 45.2 Å². The van der Waals surface area contributed by atoms with Crippen LogP contribution in [0.3, 0.4) is 0 Å². The highest BCUT2D eigenvalue weighted by atomic mass is 16.6. The van der Waals surface area contributed by atoms with Crippen molar-refractivity contribution in [2.45, 2.75) is 19.8 Å². The van der Waals surface area contributed by atoms with E-state index in [0.717, 1.165) is 5.69 Å². The molecule has 9 heteroatoms. The number of nitro groups is 1. The van der Waals surface area contributed by atoms with Crippen LogP contribution in [0, 0.1) is 10.1 Å². The van der Waals surface area contributed by atoms with Crippen LogP contribution in [0.1, 0.15) is 25.3 Å². The Hall–Kier alpha value is -4.14. The Balaban J connectivity index is 2.35. The van der Waals surface area contributed by atoms with E-state index in [-0.39, 0.29) is 22.4 Å². The molecule has 0 spiro atoms. The third-order valence-electron chi connectivity index (χ3n) is 5.91. The van der Waals surface area contributed by atoms with Crippen molar-refractivity contribution in [1.82, 2.24) is 0 Å². The number of ether oxygens (including phenoxy) is 2. The van der Waals surface area contributed by atoms with Crippen molar-refractivity contribution in [3.05, 3.63) is 86.7 Å². The number of esters is 2. The predicted octanol–water partition coefficient (Wildman–Crippen LogP) is 4.16. The lowest BCUT2D eigenvalue weighted by Crippen LogP contribution is -2.35. The molecule has 0 aromatic heterocycles. The molecule has 0 atom stereocenters. The molecule has 178 valence electrons. The van der Waals surface area contributed by atoms with Crippen LogP contribution in [0.2, 0.25) is 0 Å². The van der Waals surface area contributed by atoms with Crippen LogP contribution in [0.4, 0.5) is 17.1 Å². The monoisotopic (exact) mass is 465 g/mol. The summed E-state index contributed by atoms with van der Waals surface area (Å²) < 4.78 is 10.1. The van der Waals surface area contributed by atoms with Gasteiger partial charge in [0.05, 0.1) is 36.2 Å². The number of benzene rings is 2. The summed E-state index contributed by atoms with van der Waals surface area (Å²) in [6.45, 7) is 3.46. The summed E-state index contributed by atoms with van der Waals surface area (Å²) in [5, 5.41) is 11.8. The van der Waals surface area contributed by atoms with Crippen LogP contribution in [-0.2, 0) is 19.1 Å². The van der Waals surface area contributed by atoms with Gasteiger partial charge in [-0.1, -0.05) is 18.2 Å². The number of rotatable bonds is 6. The summed E-state index contributed by atoms with van der Waals surface area (Å²) in [7, 11) is 6.32. The normalized spacial score (nSPS) is 14.2. The molecule has 1 aliphatic rings. The maximum absolute atomic E-state index is 13.1. The molecule has 0 aliphatic carbocycles. The van der Waals surface area contributed by atoms with Gasteiger partial charge in [0.2, 0.25) is 0 Å². The van der Waals surface area contributed by atoms with Crippen molar-refractivity contribution < 1.29 is 24.0 Å². The van der Waals surface area contributed by atoms with Gasteiger partial charge in [-0.3, -0.25) is 10.1 Å². The first-order valence-corrected chi connectivity index (χ1v) is 10.5. The fraction of sp³-hybridized carbons (Fsp3) is 0.280. The van der Waals surface area contributed by atoms with E-state index in [0.29, 0.717) is 17.1 Å². The largest absolute Gasteiger partial charge is 0.466 e. The van der Waals surface area contributed by atoms with Crippen LogP contribution in [0.15, 0.2) is 71.1 Å². The molecule has 0 saturated heterocycles. The number of carbonyl (C=O) groups is 2. The molecule has 1 aliphatic heterocycles. The Labute approximate surface area is 198 Å². The lowest BCUT2D eigenvalue weighted by atomic mass is 9.79. The van der Waals surface area contributed by atoms with Gasteiger partial charge in [-0.05, 0) is 38.1 Å². The van der Waals surface area contributed by atoms with Crippen molar-refractivity contribution in [3.63, 3.8) is 0 Å². The zero-order chi connectivity index (χ0) is 25.2. The first-order valence-electron chi connectivity index (χ1n) is 10.5. The molecular formula is C25H27N3O6. The Morgan fingerprint density at radius 3 is 1.85 bits per heavy atom. The molecule has 0 amide bonds. The maximum Gasteiger partial charge on any atom is 0.336 e. The second-order valence-electron chi connectivity index (χ2n) is 7.98. The number of nitro benzene ring substituents is 1. The molecule has 0 fully saturated rings. The van der Waals surface area contributed by atoms with Crippen LogP contribution >= 0.6 is 0 Å². The maximum atomic E-state index is 13.1. The molecule has 0 N–H and O–H groups in total. The number of para-hydroxylation sites is 1. The second-order valence-corrected chi connectivity index (χ2v) is 7.98. The van der Waals surface area contributed by atoms with Gasteiger partial charge in [-0.2, -0.15) is 0 Å². The number of allylic oxidation sites excluding steroid dienone is 2. The van der Waals surface area contributed by atoms with Crippen molar-refractivity contribution in [2.24, 2.45) is 0 Å². The third-order valence-corrected chi connectivity index (χ3v) is 5.91. The number of nitrogens with zero attached hydrogens (tertiary/aromatic N) is 3. The molecule has 9 nitrogen and oxygen atoms in total. The lowest BCUT2D eigenvalue weighted by molar-refractivity contribution is -0.385. The molecular weight excluding hydrogens is 438 g/mol. The fourth-order valence-electron chi connectivity index (χ4n) is 4.30. The van der Waals surface area contributed by atoms with Gasteiger partial charge in [0.15, 0.2) is 0 Å². The minimum absolute atomic E-state index is 0.125. The molecule has 2 aromatic carbocycles. The van der Waals surface area contributed by atoms with E-state index >= 15 is 0 Å². The van der Waals surface area contributed by atoms with Gasteiger partial charge in [0, 0.05) is 48.5 Å².